The molecule has 1 aliphatic heterocycles. The molecule has 3 unspecified atom stereocenters. The Morgan fingerprint density at radius 2 is 1.96 bits per heavy atom. The molecule has 0 saturated carbocycles. The number of morpholine rings is 1. The second-order valence-corrected chi connectivity index (χ2v) is 6.14. The van der Waals surface area contributed by atoms with E-state index in [-0.39, 0.29) is 48.0 Å². The number of benzene rings is 1. The van der Waals surface area contributed by atoms with Gasteiger partial charge in [0.25, 0.3) is 0 Å². The Bertz CT molecular complexity index is 613. The van der Waals surface area contributed by atoms with Gasteiger partial charge >= 0.3 is 6.18 Å². The molecule has 2 N–H and O–H groups in total. The molecule has 154 valence electrons. The number of nitrogens with zero attached hydrogens (tertiary/aromatic N) is 2. The number of nitrogens with one attached hydrogen (secondary N) is 1. The number of alkyl halides is 3. The molecule has 0 amide bonds. The lowest BCUT2D eigenvalue weighted by Crippen LogP contribution is -2.51. The van der Waals surface area contributed by atoms with Crippen molar-refractivity contribution in [2.45, 2.75) is 38.3 Å². The van der Waals surface area contributed by atoms with E-state index >= 15 is 0 Å². The first-order valence-corrected chi connectivity index (χ1v) is 8.39. The zero-order valence-corrected chi connectivity index (χ0v) is 17.4. The van der Waals surface area contributed by atoms with Gasteiger partial charge in [-0.15, -0.1) is 24.0 Å². The summed E-state index contributed by atoms with van der Waals surface area (Å²) in [5, 5.41) is 12.1. The Balaban J connectivity index is 0.00000364. The van der Waals surface area contributed by atoms with E-state index in [9.17, 15) is 22.7 Å². The lowest BCUT2D eigenvalue weighted by atomic mass is 10.1. The first kappa shape index (κ1) is 23.9. The lowest BCUT2D eigenvalue weighted by molar-refractivity contribution is -0.199. The van der Waals surface area contributed by atoms with E-state index in [4.69, 9.17) is 4.74 Å². The van der Waals surface area contributed by atoms with Gasteiger partial charge in [0.2, 0.25) is 0 Å². The predicted molar refractivity (Wildman–Crippen MR) is 105 cm³/mol. The number of aliphatic hydroxyl groups is 1. The molecule has 1 heterocycles. The van der Waals surface area contributed by atoms with Gasteiger partial charge < -0.3 is 20.1 Å². The second kappa shape index (κ2) is 10.4. The van der Waals surface area contributed by atoms with E-state index in [1.54, 1.807) is 24.0 Å². The van der Waals surface area contributed by atoms with Crippen molar-refractivity contribution in [3.63, 3.8) is 0 Å². The van der Waals surface area contributed by atoms with Crippen molar-refractivity contribution in [3.05, 3.63) is 35.6 Å². The summed E-state index contributed by atoms with van der Waals surface area (Å²) in [5.41, 5.74) is 0.772. The van der Waals surface area contributed by atoms with E-state index in [1.807, 2.05) is 6.92 Å². The lowest BCUT2D eigenvalue weighted by Gasteiger charge is -2.38. The molecule has 1 aliphatic rings. The fourth-order valence-electron chi connectivity index (χ4n) is 2.69. The van der Waals surface area contributed by atoms with Crippen LogP contribution in [0, 0.1) is 5.82 Å². The van der Waals surface area contributed by atoms with Crippen molar-refractivity contribution in [2.75, 3.05) is 26.2 Å². The SMILES string of the molecule is CCNC(=NCC(O)C(F)(F)F)N1CC(C)OC(c2ccc(F)cc2)C1.I. The molecule has 0 bridgehead atoms. The maximum atomic E-state index is 13.1. The number of ether oxygens (including phenoxy) is 1. The highest BCUT2D eigenvalue weighted by molar-refractivity contribution is 14.0. The minimum absolute atomic E-state index is 0. The van der Waals surface area contributed by atoms with Crippen LogP contribution in [-0.4, -0.2) is 60.5 Å². The summed E-state index contributed by atoms with van der Waals surface area (Å²) in [6.07, 6.45) is -7.79. The highest BCUT2D eigenvalue weighted by atomic mass is 127. The topological polar surface area (TPSA) is 57.1 Å². The standard InChI is InChI=1S/C17H23F4N3O2.HI/c1-3-22-16(23-8-15(25)17(19,20)21)24-9-11(2)26-14(10-24)12-4-6-13(18)7-5-12;/h4-7,11,14-15,25H,3,8-10H2,1-2H3,(H,22,23);1H. The summed E-state index contributed by atoms with van der Waals surface area (Å²) in [5.74, 6) is -0.0800. The van der Waals surface area contributed by atoms with Gasteiger partial charge in [-0.25, -0.2) is 4.39 Å². The van der Waals surface area contributed by atoms with Crippen LogP contribution in [0.1, 0.15) is 25.5 Å². The third kappa shape index (κ3) is 7.07. The van der Waals surface area contributed by atoms with Crippen LogP contribution in [-0.2, 0) is 4.74 Å². The first-order valence-electron chi connectivity index (χ1n) is 8.39. The molecule has 0 aliphatic carbocycles. The highest BCUT2D eigenvalue weighted by Gasteiger charge is 2.38. The number of hydrogen-bond donors (Lipinski definition) is 2. The molecule has 0 radical (unpaired) electrons. The maximum absolute atomic E-state index is 13.1. The zero-order chi connectivity index (χ0) is 19.3. The van der Waals surface area contributed by atoms with Crippen LogP contribution < -0.4 is 5.32 Å². The largest absolute Gasteiger partial charge is 0.416 e. The average molecular weight is 505 g/mol. The van der Waals surface area contributed by atoms with Gasteiger partial charge in [0.15, 0.2) is 12.1 Å². The van der Waals surface area contributed by atoms with Crippen molar-refractivity contribution < 1.29 is 27.4 Å². The van der Waals surface area contributed by atoms with E-state index in [1.165, 1.54) is 12.1 Å². The van der Waals surface area contributed by atoms with Crippen LogP contribution in [0.5, 0.6) is 0 Å². The molecule has 3 atom stereocenters. The first-order chi connectivity index (χ1) is 12.2. The molecular formula is C17H24F4IN3O2. The Hall–Kier alpha value is -1.14. The minimum Gasteiger partial charge on any atom is -0.382 e. The van der Waals surface area contributed by atoms with Crippen LogP contribution in [0.15, 0.2) is 29.3 Å². The predicted octanol–water partition coefficient (Wildman–Crippen LogP) is 3.09. The maximum Gasteiger partial charge on any atom is 0.416 e. The number of halogens is 5. The fourth-order valence-corrected chi connectivity index (χ4v) is 2.69. The van der Waals surface area contributed by atoms with E-state index in [2.05, 4.69) is 10.3 Å². The Morgan fingerprint density at radius 1 is 1.33 bits per heavy atom. The minimum atomic E-state index is -4.71. The van der Waals surface area contributed by atoms with Crippen LogP contribution in [0.4, 0.5) is 17.6 Å². The smallest absolute Gasteiger partial charge is 0.382 e. The summed E-state index contributed by atoms with van der Waals surface area (Å²) < 4.78 is 56.5. The third-order valence-corrected chi connectivity index (χ3v) is 3.93. The van der Waals surface area contributed by atoms with Gasteiger partial charge in [0.1, 0.15) is 11.9 Å². The molecule has 1 fully saturated rings. The third-order valence-electron chi connectivity index (χ3n) is 3.93. The van der Waals surface area contributed by atoms with Gasteiger partial charge in [-0.2, -0.15) is 13.2 Å². The number of hydrogen-bond acceptors (Lipinski definition) is 3. The monoisotopic (exact) mass is 505 g/mol. The van der Waals surface area contributed by atoms with Crippen molar-refractivity contribution in [3.8, 4) is 0 Å². The molecule has 0 aromatic heterocycles. The van der Waals surface area contributed by atoms with Crippen molar-refractivity contribution >= 4 is 29.9 Å². The van der Waals surface area contributed by atoms with E-state index in [0.717, 1.165) is 5.56 Å². The molecule has 27 heavy (non-hydrogen) atoms. The Kier molecular flexibility index (Phi) is 9.22. The molecule has 0 spiro atoms. The summed E-state index contributed by atoms with van der Waals surface area (Å²) in [4.78, 5) is 5.71. The Labute approximate surface area is 172 Å². The second-order valence-electron chi connectivity index (χ2n) is 6.14. The van der Waals surface area contributed by atoms with Crippen LogP contribution in [0.2, 0.25) is 0 Å². The van der Waals surface area contributed by atoms with Crippen molar-refractivity contribution in [2.24, 2.45) is 4.99 Å². The zero-order valence-electron chi connectivity index (χ0n) is 15.0. The van der Waals surface area contributed by atoms with Crippen LogP contribution >= 0.6 is 24.0 Å². The summed E-state index contributed by atoms with van der Waals surface area (Å²) >= 11 is 0. The number of guanidine groups is 1. The number of rotatable bonds is 4. The fraction of sp³-hybridized carbons (Fsp3) is 0.588. The Morgan fingerprint density at radius 3 is 2.52 bits per heavy atom. The van der Waals surface area contributed by atoms with Gasteiger partial charge in [-0.05, 0) is 31.5 Å². The van der Waals surface area contributed by atoms with Gasteiger partial charge in [0, 0.05) is 13.1 Å². The molecule has 5 nitrogen and oxygen atoms in total. The van der Waals surface area contributed by atoms with Gasteiger partial charge in [-0.3, -0.25) is 4.99 Å². The van der Waals surface area contributed by atoms with Crippen molar-refractivity contribution in [1.29, 1.82) is 0 Å². The normalized spacial score (nSPS) is 22.2. The van der Waals surface area contributed by atoms with E-state index < -0.39 is 18.8 Å². The molecular weight excluding hydrogens is 481 g/mol. The van der Waals surface area contributed by atoms with E-state index in [0.29, 0.717) is 19.6 Å². The quantitative estimate of drug-likeness (QED) is 0.286. The molecule has 1 saturated heterocycles. The molecule has 1 aromatic carbocycles. The van der Waals surface area contributed by atoms with Gasteiger partial charge in [0.05, 0.1) is 19.2 Å². The average Bonchev–Trinajstić information content (AvgIpc) is 2.57. The number of aliphatic imine (C=N–C) groups is 1. The summed E-state index contributed by atoms with van der Waals surface area (Å²) in [6, 6.07) is 5.91. The van der Waals surface area contributed by atoms with Crippen LogP contribution in [0.25, 0.3) is 0 Å². The highest BCUT2D eigenvalue weighted by Crippen LogP contribution is 2.26. The molecule has 10 heteroatoms. The summed E-state index contributed by atoms with van der Waals surface area (Å²) in [7, 11) is 0. The van der Waals surface area contributed by atoms with Crippen molar-refractivity contribution in [1.82, 2.24) is 10.2 Å². The number of aliphatic hydroxyl groups excluding tert-OH is 1. The summed E-state index contributed by atoms with van der Waals surface area (Å²) in [6.45, 7) is 4.12. The van der Waals surface area contributed by atoms with Crippen LogP contribution in [0.3, 0.4) is 0 Å². The molecule has 2 rings (SSSR count). The molecule has 1 aromatic rings. The van der Waals surface area contributed by atoms with Gasteiger partial charge in [-0.1, -0.05) is 12.1 Å².